The van der Waals surface area contributed by atoms with Gasteiger partial charge in [0.1, 0.15) is 5.82 Å². The molecule has 2 aromatic rings. The van der Waals surface area contributed by atoms with Gasteiger partial charge in [-0.15, -0.1) is 0 Å². The normalized spacial score (nSPS) is 21.4. The lowest BCUT2D eigenvalue weighted by Crippen LogP contribution is -2.46. The molecule has 0 radical (unpaired) electrons. The quantitative estimate of drug-likeness (QED) is 0.746. The molecule has 2 aromatic carbocycles. The van der Waals surface area contributed by atoms with Crippen molar-refractivity contribution in [3.63, 3.8) is 0 Å². The molecule has 158 valence electrons. The van der Waals surface area contributed by atoms with Gasteiger partial charge in [0.05, 0.1) is 5.41 Å². The Morgan fingerprint density at radius 1 is 1.07 bits per heavy atom. The molecule has 4 nitrogen and oxygen atoms in total. The van der Waals surface area contributed by atoms with Gasteiger partial charge in [0.25, 0.3) is 0 Å². The molecular weight excluding hydrogens is 379 g/mol. The second-order valence-corrected chi connectivity index (χ2v) is 8.93. The SMILES string of the molecule is CN(C)C(=O)[C@@]1(Cc2ccccc2-c2ccccc2F)CCN(C(=O)C2CCC2)C1. The van der Waals surface area contributed by atoms with E-state index in [1.54, 1.807) is 31.1 Å². The van der Waals surface area contributed by atoms with Crippen molar-refractivity contribution in [1.29, 1.82) is 0 Å². The van der Waals surface area contributed by atoms with Crippen LogP contribution in [0, 0.1) is 17.2 Å². The van der Waals surface area contributed by atoms with Crippen molar-refractivity contribution in [2.24, 2.45) is 11.3 Å². The van der Waals surface area contributed by atoms with Gasteiger partial charge in [-0.1, -0.05) is 48.9 Å². The minimum absolute atomic E-state index is 0.0368. The number of hydrogen-bond donors (Lipinski definition) is 0. The van der Waals surface area contributed by atoms with E-state index in [4.69, 9.17) is 0 Å². The van der Waals surface area contributed by atoms with Crippen LogP contribution >= 0.6 is 0 Å². The van der Waals surface area contributed by atoms with Crippen LogP contribution in [-0.2, 0) is 16.0 Å². The van der Waals surface area contributed by atoms with Crippen LogP contribution in [0.2, 0.25) is 0 Å². The van der Waals surface area contributed by atoms with Crippen LogP contribution in [0.4, 0.5) is 4.39 Å². The number of carbonyl (C=O) groups excluding carboxylic acids is 2. The summed E-state index contributed by atoms with van der Waals surface area (Å²) in [6.45, 7) is 1.04. The first-order chi connectivity index (χ1) is 14.4. The van der Waals surface area contributed by atoms with E-state index >= 15 is 0 Å². The second-order valence-electron chi connectivity index (χ2n) is 8.93. The lowest BCUT2D eigenvalue weighted by Gasteiger charge is -2.33. The lowest BCUT2D eigenvalue weighted by atomic mass is 9.77. The average Bonchev–Trinajstić information content (AvgIpc) is 3.12. The van der Waals surface area contributed by atoms with Gasteiger partial charge in [-0.3, -0.25) is 9.59 Å². The number of benzene rings is 2. The van der Waals surface area contributed by atoms with Crippen LogP contribution in [0.3, 0.4) is 0 Å². The van der Waals surface area contributed by atoms with Crippen LogP contribution in [-0.4, -0.2) is 48.8 Å². The number of nitrogens with zero attached hydrogens (tertiary/aromatic N) is 2. The molecule has 1 saturated heterocycles. The molecule has 0 aromatic heterocycles. The zero-order valence-corrected chi connectivity index (χ0v) is 17.7. The van der Waals surface area contributed by atoms with E-state index in [1.807, 2.05) is 35.2 Å². The monoisotopic (exact) mass is 408 g/mol. The molecule has 1 saturated carbocycles. The fraction of sp³-hybridized carbons (Fsp3) is 0.440. The Morgan fingerprint density at radius 3 is 2.37 bits per heavy atom. The van der Waals surface area contributed by atoms with E-state index in [0.717, 1.165) is 30.4 Å². The molecule has 1 aliphatic carbocycles. The second kappa shape index (κ2) is 8.21. The highest BCUT2D eigenvalue weighted by Gasteiger charge is 2.48. The predicted molar refractivity (Wildman–Crippen MR) is 115 cm³/mol. The number of amides is 2. The first kappa shape index (κ1) is 20.6. The van der Waals surface area contributed by atoms with Gasteiger partial charge < -0.3 is 9.80 Å². The smallest absolute Gasteiger partial charge is 0.230 e. The van der Waals surface area contributed by atoms with Crippen LogP contribution in [0.25, 0.3) is 11.1 Å². The Kier molecular flexibility index (Phi) is 5.63. The summed E-state index contributed by atoms with van der Waals surface area (Å²) in [5, 5.41) is 0. The van der Waals surface area contributed by atoms with E-state index in [0.29, 0.717) is 31.5 Å². The third kappa shape index (κ3) is 3.73. The van der Waals surface area contributed by atoms with Crippen LogP contribution < -0.4 is 0 Å². The fourth-order valence-electron chi connectivity index (χ4n) is 4.82. The van der Waals surface area contributed by atoms with Crippen LogP contribution in [0.1, 0.15) is 31.2 Å². The van der Waals surface area contributed by atoms with Crippen molar-refractivity contribution in [2.45, 2.75) is 32.1 Å². The van der Waals surface area contributed by atoms with Gasteiger partial charge >= 0.3 is 0 Å². The standard InChI is InChI=1S/C25H29FN2O2/c1-27(2)24(30)25(14-15-28(17-25)23(29)18-9-7-10-18)16-19-8-3-4-11-20(19)21-12-5-6-13-22(21)26/h3-6,8,11-13,18H,7,9-10,14-17H2,1-2H3/t25-/m1/s1. The molecular formula is C25H29FN2O2. The number of halogens is 1. The Morgan fingerprint density at radius 2 is 1.73 bits per heavy atom. The summed E-state index contributed by atoms with van der Waals surface area (Å²) < 4.78 is 14.5. The molecule has 4 rings (SSSR count). The van der Waals surface area contributed by atoms with Crippen molar-refractivity contribution < 1.29 is 14.0 Å². The van der Waals surface area contributed by atoms with E-state index in [9.17, 15) is 14.0 Å². The summed E-state index contributed by atoms with van der Waals surface area (Å²) >= 11 is 0. The van der Waals surface area contributed by atoms with Gasteiger partial charge in [0.15, 0.2) is 0 Å². The van der Waals surface area contributed by atoms with Crippen molar-refractivity contribution in [2.75, 3.05) is 27.2 Å². The largest absolute Gasteiger partial charge is 0.348 e. The van der Waals surface area contributed by atoms with E-state index in [-0.39, 0.29) is 23.5 Å². The fourth-order valence-corrected chi connectivity index (χ4v) is 4.82. The highest BCUT2D eigenvalue weighted by atomic mass is 19.1. The maximum absolute atomic E-state index is 14.5. The Hall–Kier alpha value is -2.69. The minimum atomic E-state index is -0.676. The van der Waals surface area contributed by atoms with Gasteiger partial charge in [0.2, 0.25) is 11.8 Å². The Balaban J connectivity index is 1.67. The maximum atomic E-state index is 14.5. The summed E-state index contributed by atoms with van der Waals surface area (Å²) in [5.74, 6) is 0.0823. The van der Waals surface area contributed by atoms with E-state index < -0.39 is 5.41 Å². The highest BCUT2D eigenvalue weighted by Crippen LogP contribution is 2.40. The van der Waals surface area contributed by atoms with Crippen LogP contribution in [0.5, 0.6) is 0 Å². The molecule has 0 unspecified atom stereocenters. The van der Waals surface area contributed by atoms with Gasteiger partial charge in [-0.25, -0.2) is 4.39 Å². The molecule has 5 heteroatoms. The third-order valence-corrected chi connectivity index (χ3v) is 6.69. The predicted octanol–water partition coefficient (Wildman–Crippen LogP) is 4.14. The molecule has 2 amide bonds. The molecule has 0 N–H and O–H groups in total. The number of rotatable bonds is 5. The molecule has 30 heavy (non-hydrogen) atoms. The van der Waals surface area contributed by atoms with Crippen molar-refractivity contribution in [1.82, 2.24) is 9.80 Å². The molecule has 1 aliphatic heterocycles. The van der Waals surface area contributed by atoms with Crippen molar-refractivity contribution >= 4 is 11.8 Å². The zero-order valence-electron chi connectivity index (χ0n) is 17.7. The van der Waals surface area contributed by atoms with Crippen molar-refractivity contribution in [3.8, 4) is 11.1 Å². The first-order valence-electron chi connectivity index (χ1n) is 10.7. The van der Waals surface area contributed by atoms with Gasteiger partial charge in [-0.05, 0) is 42.9 Å². The van der Waals surface area contributed by atoms with E-state index in [2.05, 4.69) is 0 Å². The van der Waals surface area contributed by atoms with Crippen molar-refractivity contribution in [3.05, 3.63) is 59.9 Å². The minimum Gasteiger partial charge on any atom is -0.348 e. The number of hydrogen-bond acceptors (Lipinski definition) is 2. The molecule has 1 atom stereocenters. The van der Waals surface area contributed by atoms with Crippen LogP contribution in [0.15, 0.2) is 48.5 Å². The Bertz CT molecular complexity index is 954. The summed E-state index contributed by atoms with van der Waals surface area (Å²) in [6, 6.07) is 14.4. The zero-order chi connectivity index (χ0) is 21.3. The lowest BCUT2D eigenvalue weighted by molar-refractivity contribution is -0.141. The third-order valence-electron chi connectivity index (χ3n) is 6.69. The first-order valence-corrected chi connectivity index (χ1v) is 10.7. The number of likely N-dealkylation sites (tertiary alicyclic amines) is 1. The Labute approximate surface area is 177 Å². The maximum Gasteiger partial charge on any atom is 0.230 e. The number of carbonyl (C=O) groups is 2. The molecule has 1 heterocycles. The molecule has 2 aliphatic rings. The van der Waals surface area contributed by atoms with Gasteiger partial charge in [0, 0.05) is 38.7 Å². The summed E-state index contributed by atoms with van der Waals surface area (Å²) in [7, 11) is 3.53. The molecule has 0 spiro atoms. The van der Waals surface area contributed by atoms with E-state index in [1.165, 1.54) is 6.07 Å². The van der Waals surface area contributed by atoms with Gasteiger partial charge in [-0.2, -0.15) is 0 Å². The summed E-state index contributed by atoms with van der Waals surface area (Å²) in [4.78, 5) is 29.7. The molecule has 0 bridgehead atoms. The topological polar surface area (TPSA) is 40.6 Å². The molecule has 2 fully saturated rings. The highest BCUT2D eigenvalue weighted by molar-refractivity contribution is 5.86. The summed E-state index contributed by atoms with van der Waals surface area (Å²) in [6.07, 6.45) is 4.15. The summed E-state index contributed by atoms with van der Waals surface area (Å²) in [5.41, 5.74) is 1.62. The average molecular weight is 409 g/mol.